The lowest BCUT2D eigenvalue weighted by atomic mass is 10.2. The Morgan fingerprint density at radius 1 is 1.08 bits per heavy atom. The second-order valence-electron chi connectivity index (χ2n) is 6.06. The van der Waals surface area contributed by atoms with Crippen molar-refractivity contribution >= 4 is 17.5 Å². The molecule has 0 radical (unpaired) electrons. The second kappa shape index (κ2) is 6.54. The molecule has 1 saturated heterocycles. The maximum Gasteiger partial charge on any atom is 0.323 e. The van der Waals surface area contributed by atoms with Crippen LogP contribution in [0, 0.1) is 6.92 Å². The number of piperazine rings is 1. The number of hydrogen-bond acceptors (Lipinski definition) is 6. The van der Waals surface area contributed by atoms with Crippen LogP contribution in [0.25, 0.3) is 0 Å². The van der Waals surface area contributed by atoms with Crippen LogP contribution in [0.3, 0.4) is 0 Å². The molecule has 4 rings (SSSR count). The smallest absolute Gasteiger partial charge is 0.323 e. The molecule has 8 heteroatoms. The van der Waals surface area contributed by atoms with E-state index < -0.39 is 0 Å². The van der Waals surface area contributed by atoms with Gasteiger partial charge in [-0.2, -0.15) is 0 Å². The van der Waals surface area contributed by atoms with Crippen LogP contribution in [0.1, 0.15) is 5.76 Å². The van der Waals surface area contributed by atoms with E-state index in [1.165, 1.54) is 0 Å². The van der Waals surface area contributed by atoms with Gasteiger partial charge in [-0.25, -0.2) is 4.79 Å². The summed E-state index contributed by atoms with van der Waals surface area (Å²) in [7, 11) is 0. The molecule has 1 fully saturated rings. The number of ether oxygens (including phenoxy) is 2. The first-order valence-corrected chi connectivity index (χ1v) is 8.33. The molecule has 1 N–H and O–H groups in total. The molecule has 2 aromatic rings. The Kier molecular flexibility index (Phi) is 4.09. The fourth-order valence-electron chi connectivity index (χ4n) is 3.01. The van der Waals surface area contributed by atoms with Gasteiger partial charge in [0.25, 0.3) is 0 Å². The summed E-state index contributed by atoms with van der Waals surface area (Å²) in [5.74, 6) is 2.68. The van der Waals surface area contributed by atoms with Gasteiger partial charge in [-0.15, -0.1) is 0 Å². The minimum absolute atomic E-state index is 0.157. The Balaban J connectivity index is 1.35. The number of urea groups is 1. The van der Waals surface area contributed by atoms with Gasteiger partial charge < -0.3 is 23.8 Å². The number of nitrogens with one attached hydrogen (secondary N) is 1. The minimum atomic E-state index is -0.157. The standard InChI is InChI=1S/C17H20N4O4/c1-12-10-16(19-25-12)18-17(22)21-6-4-20(5-7-21)13-2-3-14-15(11-13)24-9-8-23-14/h2-3,10-11H,4-9H2,1H3,(H,18,19,22). The number of carbonyl (C=O) groups is 1. The molecule has 0 bridgehead atoms. The Hall–Kier alpha value is -2.90. The Morgan fingerprint density at radius 3 is 2.56 bits per heavy atom. The number of anilines is 2. The molecule has 2 aliphatic heterocycles. The molecule has 0 saturated carbocycles. The Labute approximate surface area is 145 Å². The number of nitrogens with zero attached hydrogens (tertiary/aromatic N) is 3. The first kappa shape index (κ1) is 15.6. The maximum atomic E-state index is 12.3. The summed E-state index contributed by atoms with van der Waals surface area (Å²) < 4.78 is 16.2. The van der Waals surface area contributed by atoms with Crippen molar-refractivity contribution in [2.45, 2.75) is 6.92 Å². The van der Waals surface area contributed by atoms with Crippen LogP contribution < -0.4 is 19.7 Å². The highest BCUT2D eigenvalue weighted by molar-refractivity contribution is 5.88. The SMILES string of the molecule is Cc1cc(NC(=O)N2CCN(c3ccc4c(c3)OCCO4)CC2)no1. The van der Waals surface area contributed by atoms with Crippen molar-refractivity contribution in [1.29, 1.82) is 0 Å². The van der Waals surface area contributed by atoms with Gasteiger partial charge in [0.1, 0.15) is 19.0 Å². The lowest BCUT2D eigenvalue weighted by molar-refractivity contribution is 0.171. The normalized spacial score (nSPS) is 16.7. The van der Waals surface area contributed by atoms with Gasteiger partial charge in [0.05, 0.1) is 0 Å². The van der Waals surface area contributed by atoms with Crippen molar-refractivity contribution in [3.05, 3.63) is 30.0 Å². The van der Waals surface area contributed by atoms with Crippen molar-refractivity contribution in [3.8, 4) is 11.5 Å². The highest BCUT2D eigenvalue weighted by Gasteiger charge is 2.23. The highest BCUT2D eigenvalue weighted by atomic mass is 16.6. The van der Waals surface area contributed by atoms with E-state index >= 15 is 0 Å². The van der Waals surface area contributed by atoms with Gasteiger partial charge in [0, 0.05) is 44.0 Å². The van der Waals surface area contributed by atoms with E-state index in [0.717, 1.165) is 30.3 Å². The van der Waals surface area contributed by atoms with E-state index in [-0.39, 0.29) is 6.03 Å². The van der Waals surface area contributed by atoms with E-state index in [1.807, 2.05) is 18.2 Å². The zero-order chi connectivity index (χ0) is 17.2. The number of aromatic nitrogens is 1. The number of hydrogen-bond donors (Lipinski definition) is 1. The van der Waals surface area contributed by atoms with E-state index in [0.29, 0.717) is 37.9 Å². The van der Waals surface area contributed by atoms with Crippen molar-refractivity contribution in [2.75, 3.05) is 49.6 Å². The summed E-state index contributed by atoms with van der Waals surface area (Å²) >= 11 is 0. The number of amides is 2. The molecule has 25 heavy (non-hydrogen) atoms. The zero-order valence-electron chi connectivity index (χ0n) is 14.0. The molecular weight excluding hydrogens is 324 g/mol. The van der Waals surface area contributed by atoms with Crippen molar-refractivity contribution in [3.63, 3.8) is 0 Å². The summed E-state index contributed by atoms with van der Waals surface area (Å²) in [6, 6.07) is 7.51. The molecule has 0 atom stereocenters. The molecule has 0 spiro atoms. The van der Waals surface area contributed by atoms with Crippen LogP contribution >= 0.6 is 0 Å². The molecule has 1 aromatic carbocycles. The predicted molar refractivity (Wildman–Crippen MR) is 91.5 cm³/mol. The van der Waals surface area contributed by atoms with Crippen LogP contribution in [0.5, 0.6) is 11.5 Å². The van der Waals surface area contributed by atoms with E-state index in [2.05, 4.69) is 15.4 Å². The third-order valence-corrected chi connectivity index (χ3v) is 4.32. The number of carbonyl (C=O) groups excluding carboxylic acids is 1. The van der Waals surface area contributed by atoms with E-state index in [1.54, 1.807) is 17.9 Å². The number of benzene rings is 1. The molecule has 8 nitrogen and oxygen atoms in total. The van der Waals surface area contributed by atoms with Gasteiger partial charge in [0.2, 0.25) is 0 Å². The van der Waals surface area contributed by atoms with Crippen LogP contribution in [0.4, 0.5) is 16.3 Å². The zero-order valence-corrected chi connectivity index (χ0v) is 14.0. The molecule has 0 unspecified atom stereocenters. The minimum Gasteiger partial charge on any atom is -0.486 e. The summed E-state index contributed by atoms with van der Waals surface area (Å²) in [6.45, 7) is 5.73. The van der Waals surface area contributed by atoms with Crippen LogP contribution in [-0.2, 0) is 0 Å². The molecule has 0 aliphatic carbocycles. The van der Waals surface area contributed by atoms with Crippen molar-refractivity contribution in [1.82, 2.24) is 10.1 Å². The fraction of sp³-hybridized carbons (Fsp3) is 0.412. The largest absolute Gasteiger partial charge is 0.486 e. The molecule has 2 amide bonds. The van der Waals surface area contributed by atoms with Crippen LogP contribution in [0.2, 0.25) is 0 Å². The summed E-state index contributed by atoms with van der Waals surface area (Å²) in [6.07, 6.45) is 0. The first-order chi connectivity index (χ1) is 12.2. The third kappa shape index (κ3) is 3.33. The Bertz CT molecular complexity index is 768. The maximum absolute atomic E-state index is 12.3. The Morgan fingerprint density at radius 2 is 1.84 bits per heavy atom. The van der Waals surface area contributed by atoms with Crippen molar-refractivity contribution in [2.24, 2.45) is 0 Å². The van der Waals surface area contributed by atoms with E-state index in [9.17, 15) is 4.79 Å². The summed E-state index contributed by atoms with van der Waals surface area (Å²) in [4.78, 5) is 16.3. The molecule has 2 aliphatic rings. The molecule has 3 heterocycles. The topological polar surface area (TPSA) is 80.1 Å². The molecule has 132 valence electrons. The second-order valence-corrected chi connectivity index (χ2v) is 6.06. The predicted octanol–water partition coefficient (Wildman–Crippen LogP) is 2.11. The van der Waals surface area contributed by atoms with E-state index in [4.69, 9.17) is 14.0 Å². The van der Waals surface area contributed by atoms with Crippen LogP contribution in [0.15, 0.2) is 28.8 Å². The first-order valence-electron chi connectivity index (χ1n) is 8.33. The fourth-order valence-corrected chi connectivity index (χ4v) is 3.01. The van der Waals surface area contributed by atoms with Gasteiger partial charge in [0.15, 0.2) is 17.3 Å². The monoisotopic (exact) mass is 344 g/mol. The van der Waals surface area contributed by atoms with Crippen LogP contribution in [-0.4, -0.2) is 55.5 Å². The average molecular weight is 344 g/mol. The lowest BCUT2D eigenvalue weighted by Crippen LogP contribution is -2.50. The lowest BCUT2D eigenvalue weighted by Gasteiger charge is -2.36. The van der Waals surface area contributed by atoms with Gasteiger partial charge in [-0.3, -0.25) is 5.32 Å². The molecule has 1 aromatic heterocycles. The van der Waals surface area contributed by atoms with Crippen molar-refractivity contribution < 1.29 is 18.8 Å². The number of fused-ring (bicyclic) bond motifs is 1. The average Bonchev–Trinajstić information content (AvgIpc) is 3.06. The summed E-state index contributed by atoms with van der Waals surface area (Å²) in [5.41, 5.74) is 1.08. The van der Waals surface area contributed by atoms with Gasteiger partial charge >= 0.3 is 6.03 Å². The highest BCUT2D eigenvalue weighted by Crippen LogP contribution is 2.34. The quantitative estimate of drug-likeness (QED) is 0.899. The van der Waals surface area contributed by atoms with Gasteiger partial charge in [-0.1, -0.05) is 5.16 Å². The summed E-state index contributed by atoms with van der Waals surface area (Å²) in [5, 5.41) is 6.54. The molecular formula is C17H20N4O4. The number of rotatable bonds is 2. The van der Waals surface area contributed by atoms with Gasteiger partial charge in [-0.05, 0) is 19.1 Å². The number of aryl methyl sites for hydroxylation is 1. The third-order valence-electron chi connectivity index (χ3n) is 4.32.